The van der Waals surface area contributed by atoms with Crippen LogP contribution in [0.4, 0.5) is 28.5 Å². The van der Waals surface area contributed by atoms with Gasteiger partial charge in [-0.1, -0.05) is 82.4 Å². The molecule has 11 heterocycles. The van der Waals surface area contributed by atoms with E-state index in [4.69, 9.17) is 73.6 Å². The van der Waals surface area contributed by atoms with Crippen molar-refractivity contribution in [2.45, 2.75) is 219 Å². The van der Waals surface area contributed by atoms with Crippen molar-refractivity contribution in [1.82, 2.24) is 64.7 Å². The molecule has 7 aliphatic rings. The number of fused-ring (bicyclic) bond motifs is 7. The van der Waals surface area contributed by atoms with Gasteiger partial charge in [0, 0.05) is 140 Å². The summed E-state index contributed by atoms with van der Waals surface area (Å²) >= 11 is 0. The molecule has 11 atom stereocenters. The van der Waals surface area contributed by atoms with Crippen LogP contribution >= 0.6 is 0 Å². The van der Waals surface area contributed by atoms with Crippen molar-refractivity contribution in [2.75, 3.05) is 141 Å². The molecule has 6 aliphatic heterocycles. The molecule has 7 N–H and O–H groups in total. The number of methoxy groups -OCH3 is 2. The number of carbonyl (C=O) groups is 8. The maximum absolute atomic E-state index is 14.7. The molecule has 7 aromatic rings. The normalized spacial score (nSPS) is 25.7. The number of rotatable bonds is 27. The number of nitrogens with one attached hydrogen (secondary N) is 1. The average molecular weight is 1880 g/mol. The Balaban J connectivity index is 0.464. The van der Waals surface area contributed by atoms with Crippen molar-refractivity contribution < 1.29 is 95.6 Å². The van der Waals surface area contributed by atoms with Gasteiger partial charge < -0.3 is 98.5 Å². The molecule has 1 unspecified atom stereocenters. The maximum atomic E-state index is 14.7. The number of oxazole rings is 1. The Morgan fingerprint density at radius 1 is 0.684 bits per heavy atom. The Bertz CT molecular complexity index is 5460. The van der Waals surface area contributed by atoms with E-state index in [1.807, 2.05) is 77.8 Å². The SMILES string of the molecule is CO[C@H]1CC2CC[C@@H](C)[C@@](O)(O2)C(=O)C(=O)N2CCCC[C@H]2C(=O)O[C@H](CCC2CCC(OC(=O)N3CCc4nc(N5CCN(c6ncc(C(=O)NCCOCCOCCOCCOCCC(=O)N7CCc8cc(Cn9nc(-c%10ccc%11oc(N)nc%11c%10)c%10c(N)ncnc%109)ccc8C7)cn6)CC5)ncc4C3)CC2)CC(=O)[C@H](C)/C=C(\C)[C@@H](O)[C@@H](OC)C(=O)[C@H](C)C[C@H](C)/C=C/C=CC=C1C. The van der Waals surface area contributed by atoms with Crippen molar-refractivity contribution in [3.63, 3.8) is 0 Å². The number of piperidine rings is 1. The lowest BCUT2D eigenvalue weighted by Crippen LogP contribution is -2.60. The molecular formula is C99H131N17O20. The Hall–Kier alpha value is -11.4. The second-order valence-electron chi connectivity index (χ2n) is 36.9. The number of esters is 1. The number of cyclic esters (lactones) is 1. The van der Waals surface area contributed by atoms with Gasteiger partial charge in [-0.2, -0.15) is 10.1 Å². The topological polar surface area (TPSA) is 462 Å². The minimum absolute atomic E-state index is 0.0152. The summed E-state index contributed by atoms with van der Waals surface area (Å²) in [6.07, 6.45) is 19.6. The molecule has 136 heavy (non-hydrogen) atoms. The summed E-state index contributed by atoms with van der Waals surface area (Å²) in [4.78, 5) is 153. The molecule has 2 aromatic carbocycles. The fraction of sp³-hybridized carbons (Fsp3) is 0.576. The van der Waals surface area contributed by atoms with Gasteiger partial charge in [0.05, 0.1) is 101 Å². The van der Waals surface area contributed by atoms with E-state index in [1.54, 1.807) is 51.1 Å². The number of benzene rings is 2. The second-order valence-corrected chi connectivity index (χ2v) is 36.9. The zero-order valence-electron chi connectivity index (χ0n) is 79.3. The summed E-state index contributed by atoms with van der Waals surface area (Å²) in [7, 11) is 2.94. The van der Waals surface area contributed by atoms with Crippen LogP contribution in [-0.4, -0.2) is 285 Å². The third-order valence-electron chi connectivity index (χ3n) is 27.2. The number of Topliss-reactive ketones (excluding diaryl/α,β-unsaturated/α-hetero) is 3. The molecule has 1 saturated carbocycles. The lowest BCUT2D eigenvalue weighted by Gasteiger charge is -2.42. The summed E-state index contributed by atoms with van der Waals surface area (Å²) in [5.41, 5.74) is 21.9. The molecule has 2 bridgehead atoms. The van der Waals surface area contributed by atoms with Crippen LogP contribution in [0.2, 0.25) is 0 Å². The number of aromatic nitrogens is 9. The van der Waals surface area contributed by atoms with Crippen LogP contribution in [0.15, 0.2) is 113 Å². The number of hydrogen-bond donors (Lipinski definition) is 5. The number of amides is 4. The number of nitrogens with two attached hydrogens (primary N) is 2. The quantitative estimate of drug-likeness (QED) is 0.0138. The number of hydrogen-bond acceptors (Lipinski definition) is 32. The molecule has 37 nitrogen and oxygen atoms in total. The second kappa shape index (κ2) is 47.6. The Morgan fingerprint density at radius 3 is 2.14 bits per heavy atom. The monoisotopic (exact) mass is 1880 g/mol. The third kappa shape index (κ3) is 25.7. The van der Waals surface area contributed by atoms with Crippen LogP contribution in [0, 0.1) is 29.6 Å². The highest BCUT2D eigenvalue weighted by atomic mass is 16.6. The number of allylic oxidation sites excluding steroid dienone is 6. The van der Waals surface area contributed by atoms with Gasteiger partial charge in [-0.05, 0) is 155 Å². The van der Waals surface area contributed by atoms with E-state index < -0.39 is 83.9 Å². The first-order chi connectivity index (χ1) is 65.7. The summed E-state index contributed by atoms with van der Waals surface area (Å²) in [6, 6.07) is 10.7. The van der Waals surface area contributed by atoms with Gasteiger partial charge in [0.2, 0.25) is 23.6 Å². The van der Waals surface area contributed by atoms with E-state index >= 15 is 0 Å². The number of anilines is 4. The molecule has 1 aliphatic carbocycles. The first-order valence-corrected chi connectivity index (χ1v) is 47.9. The Labute approximate surface area is 792 Å². The Kier molecular flexibility index (Phi) is 35.2. The minimum atomic E-state index is -2.47. The van der Waals surface area contributed by atoms with Crippen LogP contribution in [-0.2, 0) is 104 Å². The number of aliphatic hydroxyl groups excluding tert-OH is 1. The maximum Gasteiger partial charge on any atom is 0.410 e. The molecule has 5 aromatic heterocycles. The molecule has 0 spiro atoms. The average Bonchev–Trinajstić information content (AvgIpc) is 1.61. The van der Waals surface area contributed by atoms with E-state index in [-0.39, 0.29) is 106 Å². The van der Waals surface area contributed by atoms with Crippen LogP contribution in [0.3, 0.4) is 0 Å². The van der Waals surface area contributed by atoms with Crippen molar-refractivity contribution in [2.24, 2.45) is 29.6 Å². The van der Waals surface area contributed by atoms with Crippen molar-refractivity contribution in [3.8, 4) is 11.3 Å². The van der Waals surface area contributed by atoms with Gasteiger partial charge in [-0.3, -0.25) is 28.8 Å². The lowest BCUT2D eigenvalue weighted by atomic mass is 9.83. The first kappa shape index (κ1) is 101. The fourth-order valence-corrected chi connectivity index (χ4v) is 19.1. The minimum Gasteiger partial charge on any atom is -0.460 e. The first-order valence-electron chi connectivity index (χ1n) is 47.9. The largest absolute Gasteiger partial charge is 0.460 e. The highest BCUT2D eigenvalue weighted by Crippen LogP contribution is 2.40. The molecule has 0 radical (unpaired) electrons. The summed E-state index contributed by atoms with van der Waals surface area (Å²) in [6.45, 7) is 18.4. The molecule has 3 saturated heterocycles. The lowest BCUT2D eigenvalue weighted by molar-refractivity contribution is -0.265. The number of piperazine rings is 1. The van der Waals surface area contributed by atoms with E-state index in [0.29, 0.717) is 226 Å². The fourth-order valence-electron chi connectivity index (χ4n) is 19.1. The van der Waals surface area contributed by atoms with Gasteiger partial charge >= 0.3 is 12.1 Å². The van der Waals surface area contributed by atoms with Gasteiger partial charge in [-0.15, -0.1) is 0 Å². The van der Waals surface area contributed by atoms with Gasteiger partial charge in [0.1, 0.15) is 59.6 Å². The standard InChI is InChI=1S/C99H131N17O20/c1-61-14-10-9-11-15-62(2)82(127-7)53-76-24-17-66(6)99(126,136-76)89(121)93(123)115-33-13-12-16-79(115)94(124)133-75(52-80(117)63(3)49-65(5)87(120)88(128-8)86(119)64(4)48-61)27-21-67-19-25-74(26-20-67)134-98(125)114-35-30-77-73(59-114)56-105-97(109-77)112-38-36-111(37-39-112)96-103-54-72(55-104-96)92(122)102-32-41-130-43-45-132-47-46-131-44-42-129-40-31-83(118)113-34-29-69-50-68(18-22-71(69)58-113)57-116-91-84(90(100)106-60-107-91)85(110-116)70-23-28-81-78(51-70)108-95(101)135-81/h9-11,14-15,18,22-23,28,49-51,54-56,60-61,63-64,66-67,74-76,79,82,87-88,120,126H,12-13,16-17,19-21,24-27,29-48,52-53,57-59H2,1-8H3,(H2,101,108)(H,102,122)(H2,100,106,107)/b11-9?,14-10+,62-15?,65-49+/t61-,63-,64-,66-,67?,74?,75-,76?,79+,82+,87-,88+,99-/m1/s1. The van der Waals surface area contributed by atoms with E-state index in [9.17, 15) is 48.6 Å². The summed E-state index contributed by atoms with van der Waals surface area (Å²) in [5, 5.41) is 32.2. The van der Waals surface area contributed by atoms with Crippen LogP contribution in [0.1, 0.15) is 176 Å². The number of ether oxygens (including phenoxy) is 9. The van der Waals surface area contributed by atoms with E-state index in [1.165, 1.54) is 36.3 Å². The summed E-state index contributed by atoms with van der Waals surface area (Å²) < 4.78 is 60.3. The smallest absolute Gasteiger partial charge is 0.410 e. The van der Waals surface area contributed by atoms with Crippen molar-refractivity contribution in [3.05, 3.63) is 142 Å². The van der Waals surface area contributed by atoms with Gasteiger partial charge in [-0.25, -0.2) is 44.2 Å². The highest BCUT2D eigenvalue weighted by Gasteiger charge is 2.53. The molecule has 14 rings (SSSR count). The number of carbonyl (C=O) groups excluding carboxylic acids is 8. The van der Waals surface area contributed by atoms with E-state index in [2.05, 4.69) is 53.3 Å². The zero-order valence-corrected chi connectivity index (χ0v) is 79.3. The highest BCUT2D eigenvalue weighted by molar-refractivity contribution is 6.39. The molecule has 4 fully saturated rings. The van der Waals surface area contributed by atoms with E-state index in [0.717, 1.165) is 39.9 Å². The van der Waals surface area contributed by atoms with Gasteiger partial charge in [0.25, 0.3) is 23.6 Å². The predicted octanol–water partition coefficient (Wildman–Crippen LogP) is 9.35. The summed E-state index contributed by atoms with van der Waals surface area (Å²) in [5.74, 6) is -6.81. The number of nitrogen functional groups attached to an aromatic ring is 2. The number of nitrogens with zero attached hydrogens (tertiary/aromatic N) is 14. The van der Waals surface area contributed by atoms with Crippen LogP contribution in [0.5, 0.6) is 0 Å². The Morgan fingerprint density at radius 2 is 1.40 bits per heavy atom. The predicted molar refractivity (Wildman–Crippen MR) is 503 cm³/mol. The third-order valence-corrected chi connectivity index (χ3v) is 27.2. The molecule has 732 valence electrons. The van der Waals surface area contributed by atoms with Crippen molar-refractivity contribution in [1.29, 1.82) is 0 Å². The molecule has 4 amide bonds. The zero-order chi connectivity index (χ0) is 96.1. The molecule has 37 heteroatoms. The van der Waals surface area contributed by atoms with Crippen molar-refractivity contribution >= 4 is 93.0 Å². The van der Waals surface area contributed by atoms with Gasteiger partial charge in [0.15, 0.2) is 17.0 Å². The van der Waals surface area contributed by atoms with Crippen LogP contribution < -0.4 is 26.6 Å². The van der Waals surface area contributed by atoms with Crippen LogP contribution in [0.25, 0.3) is 33.4 Å². The molecular weight excluding hydrogens is 1750 g/mol. The number of aliphatic hydroxyl groups is 2. The number of ketones is 3.